The Bertz CT molecular complexity index is 1430. The molecular weight excluding hydrogens is 440 g/mol. The summed E-state index contributed by atoms with van der Waals surface area (Å²) >= 11 is 6.18. The first-order chi connectivity index (χ1) is 15.0. The summed E-state index contributed by atoms with van der Waals surface area (Å²) in [7, 11) is -3.92. The maximum Gasteiger partial charge on any atom is 0.287 e. The maximum absolute atomic E-state index is 12.7. The second-order valence-corrected chi connectivity index (χ2v) is 8.69. The summed E-state index contributed by atoms with van der Waals surface area (Å²) in [5, 5.41) is 6.45. The van der Waals surface area contributed by atoms with Gasteiger partial charge >= 0.3 is 0 Å². The van der Waals surface area contributed by atoms with Crippen molar-refractivity contribution in [3.05, 3.63) is 77.6 Å². The third kappa shape index (κ3) is 3.80. The van der Waals surface area contributed by atoms with Crippen molar-refractivity contribution >= 4 is 44.4 Å². The second kappa shape index (κ2) is 7.60. The minimum absolute atomic E-state index is 0.0200. The van der Waals surface area contributed by atoms with Crippen LogP contribution in [-0.2, 0) is 16.6 Å². The molecule has 5 rings (SSSR count). The van der Waals surface area contributed by atoms with Crippen LogP contribution in [0, 0.1) is 0 Å². The quantitative estimate of drug-likeness (QED) is 0.466. The fraction of sp³-hybridized carbons (Fsp3) is 0.0476. The van der Waals surface area contributed by atoms with Gasteiger partial charge < -0.3 is 19.8 Å². The van der Waals surface area contributed by atoms with Gasteiger partial charge in [-0.25, -0.2) is 4.98 Å². The van der Waals surface area contributed by atoms with Gasteiger partial charge in [-0.3, -0.25) is 0 Å². The molecule has 0 unspecified atom stereocenters. The Hall–Kier alpha value is -3.56. The number of nitrogens with one attached hydrogen (secondary N) is 2. The Kier molecular flexibility index (Phi) is 4.76. The summed E-state index contributed by atoms with van der Waals surface area (Å²) in [6, 6.07) is 17.2. The molecule has 0 saturated heterocycles. The number of nitrogens with zero attached hydrogens (tertiary/aromatic N) is 2. The number of ether oxygens (including phenoxy) is 1. The molecule has 0 spiro atoms. The van der Waals surface area contributed by atoms with Crippen LogP contribution >= 0.6 is 11.6 Å². The zero-order chi connectivity index (χ0) is 21.4. The molecule has 0 bridgehead atoms. The molecule has 1 aliphatic heterocycles. The summed E-state index contributed by atoms with van der Waals surface area (Å²) in [5.41, 5.74) is 2.56. The highest BCUT2D eigenvalue weighted by atomic mass is 35.5. The molecule has 31 heavy (non-hydrogen) atoms. The minimum atomic E-state index is -3.92. The van der Waals surface area contributed by atoms with E-state index in [1.165, 1.54) is 12.5 Å². The van der Waals surface area contributed by atoms with E-state index in [-0.39, 0.29) is 16.5 Å². The van der Waals surface area contributed by atoms with Crippen LogP contribution in [0.5, 0.6) is 11.5 Å². The van der Waals surface area contributed by atoms with Crippen LogP contribution in [0.3, 0.4) is 0 Å². The molecule has 1 aliphatic rings. The second-order valence-electron chi connectivity index (χ2n) is 6.71. The monoisotopic (exact) mass is 454 g/mol. The molecule has 0 radical (unpaired) electrons. The third-order valence-corrected chi connectivity index (χ3v) is 6.26. The van der Waals surface area contributed by atoms with E-state index < -0.39 is 10.0 Å². The van der Waals surface area contributed by atoms with Crippen molar-refractivity contribution in [3.63, 3.8) is 0 Å². The van der Waals surface area contributed by atoms with E-state index >= 15 is 0 Å². The Balaban J connectivity index is 1.42. The first-order valence-electron chi connectivity index (χ1n) is 9.23. The highest BCUT2D eigenvalue weighted by molar-refractivity contribution is 7.90. The molecule has 0 fully saturated rings. The molecule has 1 aromatic heterocycles. The van der Waals surface area contributed by atoms with Gasteiger partial charge in [0.25, 0.3) is 10.0 Å². The van der Waals surface area contributed by atoms with Crippen LogP contribution in [0.4, 0.5) is 5.69 Å². The zero-order valence-electron chi connectivity index (χ0n) is 15.9. The molecule has 4 aromatic rings. The van der Waals surface area contributed by atoms with Crippen LogP contribution in [-0.4, -0.2) is 19.4 Å². The standard InChI is InChI=1S/C21H15ClN4O4S/c22-14-4-1-2-5-16(14)30-18-6-3-7-19-20(18)25-21(26-31(19,27)28)23-11-13-8-9-17-15(10-13)24-12-29-17/h1-10,12H,11H2,(H2,23,25,26). The van der Waals surface area contributed by atoms with Crippen LogP contribution in [0.15, 0.2) is 80.8 Å². The van der Waals surface area contributed by atoms with Gasteiger partial charge in [-0.15, -0.1) is 4.40 Å². The van der Waals surface area contributed by atoms with E-state index in [9.17, 15) is 8.42 Å². The molecule has 0 saturated carbocycles. The average Bonchev–Trinajstić information content (AvgIpc) is 3.22. The fourth-order valence-electron chi connectivity index (χ4n) is 3.17. The highest BCUT2D eigenvalue weighted by Crippen LogP contribution is 2.39. The lowest BCUT2D eigenvalue weighted by Crippen LogP contribution is -2.34. The van der Waals surface area contributed by atoms with E-state index in [0.717, 1.165) is 5.56 Å². The number of aromatic nitrogens is 1. The Morgan fingerprint density at radius 2 is 1.90 bits per heavy atom. The molecule has 8 nitrogen and oxygen atoms in total. The SMILES string of the molecule is O=S1(=O)N=C(NCc2ccc3ocnc3c2)Nc2c(Oc3ccccc3Cl)cccc21. The molecule has 0 amide bonds. The van der Waals surface area contributed by atoms with Gasteiger partial charge in [-0.2, -0.15) is 8.42 Å². The maximum atomic E-state index is 12.7. The molecule has 0 aliphatic carbocycles. The topological polar surface area (TPSA) is 106 Å². The van der Waals surface area contributed by atoms with Gasteiger partial charge in [0, 0.05) is 6.54 Å². The number of hydrogen-bond acceptors (Lipinski definition) is 7. The number of rotatable bonds is 4. The van der Waals surface area contributed by atoms with Gasteiger partial charge in [0.1, 0.15) is 21.8 Å². The van der Waals surface area contributed by atoms with Crippen molar-refractivity contribution in [2.24, 2.45) is 4.40 Å². The van der Waals surface area contributed by atoms with Gasteiger partial charge in [0.2, 0.25) is 5.96 Å². The van der Waals surface area contributed by atoms with Crippen LogP contribution in [0.2, 0.25) is 5.02 Å². The number of oxazole rings is 1. The van der Waals surface area contributed by atoms with Gasteiger partial charge in [-0.05, 0) is 42.0 Å². The predicted octanol–water partition coefficient (Wildman–Crippen LogP) is 4.53. The molecule has 2 N–H and O–H groups in total. The largest absolute Gasteiger partial charge is 0.454 e. The van der Waals surface area contributed by atoms with E-state index in [1.807, 2.05) is 12.1 Å². The lowest BCUT2D eigenvalue weighted by Gasteiger charge is -2.21. The Morgan fingerprint density at radius 1 is 1.06 bits per heavy atom. The summed E-state index contributed by atoms with van der Waals surface area (Å²) in [4.78, 5) is 4.14. The third-order valence-electron chi connectivity index (χ3n) is 4.63. The van der Waals surface area contributed by atoms with Crippen LogP contribution in [0.25, 0.3) is 11.1 Å². The molecule has 2 heterocycles. The number of para-hydroxylation sites is 2. The van der Waals surface area contributed by atoms with Crippen molar-refractivity contribution in [3.8, 4) is 11.5 Å². The number of guanidine groups is 1. The first-order valence-corrected chi connectivity index (χ1v) is 11.0. The summed E-state index contributed by atoms with van der Waals surface area (Å²) in [5.74, 6) is 0.810. The van der Waals surface area contributed by atoms with E-state index in [1.54, 1.807) is 42.5 Å². The number of anilines is 1. The normalized spacial score (nSPS) is 14.4. The smallest absolute Gasteiger partial charge is 0.287 e. The van der Waals surface area contributed by atoms with E-state index in [4.69, 9.17) is 20.8 Å². The van der Waals surface area contributed by atoms with Gasteiger partial charge in [0.15, 0.2) is 17.7 Å². The lowest BCUT2D eigenvalue weighted by molar-refractivity contribution is 0.483. The first kappa shape index (κ1) is 19.4. The van der Waals surface area contributed by atoms with Crippen molar-refractivity contribution in [2.45, 2.75) is 11.4 Å². The van der Waals surface area contributed by atoms with Crippen LogP contribution in [0.1, 0.15) is 5.56 Å². The summed E-state index contributed by atoms with van der Waals surface area (Å²) in [6.45, 7) is 0.326. The van der Waals surface area contributed by atoms with Crippen LogP contribution < -0.4 is 15.4 Å². The molecule has 0 atom stereocenters. The Morgan fingerprint density at radius 3 is 2.77 bits per heavy atom. The van der Waals surface area contributed by atoms with Gasteiger partial charge in [0.05, 0.1) is 5.02 Å². The number of hydrogen-bond donors (Lipinski definition) is 2. The van der Waals surface area contributed by atoms with Gasteiger partial charge in [-0.1, -0.05) is 35.9 Å². The number of benzene rings is 3. The van der Waals surface area contributed by atoms with Crippen molar-refractivity contribution in [1.29, 1.82) is 0 Å². The zero-order valence-corrected chi connectivity index (χ0v) is 17.4. The lowest BCUT2D eigenvalue weighted by atomic mass is 10.2. The van der Waals surface area contributed by atoms with E-state index in [2.05, 4.69) is 20.0 Å². The predicted molar refractivity (Wildman–Crippen MR) is 117 cm³/mol. The van der Waals surface area contributed by atoms with Crippen molar-refractivity contribution in [1.82, 2.24) is 10.3 Å². The number of halogens is 1. The number of fused-ring (bicyclic) bond motifs is 2. The van der Waals surface area contributed by atoms with Crippen molar-refractivity contribution < 1.29 is 17.6 Å². The summed E-state index contributed by atoms with van der Waals surface area (Å²) in [6.07, 6.45) is 1.37. The summed E-state index contributed by atoms with van der Waals surface area (Å²) < 4.78 is 40.4. The van der Waals surface area contributed by atoms with Crippen molar-refractivity contribution in [2.75, 3.05) is 5.32 Å². The van der Waals surface area contributed by atoms with E-state index in [0.29, 0.717) is 34.2 Å². The average molecular weight is 455 g/mol. The molecule has 10 heteroatoms. The minimum Gasteiger partial charge on any atom is -0.454 e. The fourth-order valence-corrected chi connectivity index (χ4v) is 4.45. The highest BCUT2D eigenvalue weighted by Gasteiger charge is 2.28. The molecular formula is C21H15ClN4O4S. The number of sulfonamides is 1. The molecule has 3 aromatic carbocycles. The molecule has 156 valence electrons. The Labute approximate surface area is 182 Å².